The van der Waals surface area contributed by atoms with Crippen molar-refractivity contribution in [1.82, 2.24) is 0 Å². The highest BCUT2D eigenvalue weighted by molar-refractivity contribution is 6.35. The van der Waals surface area contributed by atoms with Crippen LogP contribution >= 0.6 is 11.6 Å². The quantitative estimate of drug-likeness (QED) is 0.920. The molecule has 2 aromatic rings. The number of rotatable bonds is 2. The van der Waals surface area contributed by atoms with E-state index < -0.39 is 5.97 Å². The highest BCUT2D eigenvalue weighted by atomic mass is 35.5. The zero-order valence-electron chi connectivity index (χ0n) is 10.8. The smallest absolute Gasteiger partial charge is 0.339 e. The van der Waals surface area contributed by atoms with Gasteiger partial charge in [-0.2, -0.15) is 0 Å². The summed E-state index contributed by atoms with van der Waals surface area (Å²) in [5, 5.41) is 9.42. The molecule has 104 valence electrons. The van der Waals surface area contributed by atoms with Crippen LogP contribution in [0, 0.1) is 0 Å². The minimum Gasteiger partial charge on any atom is -0.478 e. The Morgan fingerprint density at radius 2 is 1.76 bits per heavy atom. The van der Waals surface area contributed by atoms with E-state index in [1.807, 2.05) is 0 Å². The third-order valence-corrected chi connectivity index (χ3v) is 3.70. The molecular weight excluding hydrogens is 290 g/mol. The number of hydrogen-bond donors (Lipinski definition) is 1. The second-order valence-corrected chi connectivity index (χ2v) is 4.98. The van der Waals surface area contributed by atoms with Crippen molar-refractivity contribution >= 4 is 34.9 Å². The maximum atomic E-state index is 12.5. The van der Waals surface area contributed by atoms with Crippen molar-refractivity contribution in [1.29, 1.82) is 0 Å². The van der Waals surface area contributed by atoms with Gasteiger partial charge in [-0.3, -0.25) is 9.69 Å². The van der Waals surface area contributed by atoms with E-state index in [4.69, 9.17) is 11.6 Å². The molecule has 0 atom stereocenters. The van der Waals surface area contributed by atoms with Crippen molar-refractivity contribution < 1.29 is 14.7 Å². The minimum absolute atomic E-state index is 0.0801. The Morgan fingerprint density at radius 1 is 1.10 bits per heavy atom. The molecular formula is C16H10ClNO3. The Bertz CT molecular complexity index is 763. The SMILES string of the molecule is C=C1c2ccccc2C(=O)N1c1cccc(Cl)c1C(=O)O. The van der Waals surface area contributed by atoms with E-state index in [0.717, 1.165) is 0 Å². The third kappa shape index (κ3) is 1.92. The molecule has 1 aliphatic rings. The van der Waals surface area contributed by atoms with Crippen LogP contribution in [0.1, 0.15) is 26.3 Å². The predicted octanol–water partition coefficient (Wildman–Crippen LogP) is 3.67. The van der Waals surface area contributed by atoms with Crippen molar-refractivity contribution in [3.05, 3.63) is 70.8 Å². The highest BCUT2D eigenvalue weighted by Crippen LogP contribution is 2.38. The molecule has 0 spiro atoms. The molecule has 0 radical (unpaired) electrons. The zero-order chi connectivity index (χ0) is 15.1. The first-order valence-electron chi connectivity index (χ1n) is 6.17. The van der Waals surface area contributed by atoms with E-state index in [0.29, 0.717) is 16.8 Å². The number of nitrogens with zero attached hydrogens (tertiary/aromatic N) is 1. The van der Waals surface area contributed by atoms with E-state index in [9.17, 15) is 14.7 Å². The molecule has 4 nitrogen and oxygen atoms in total. The number of carboxylic acid groups (broad SMARTS) is 1. The zero-order valence-corrected chi connectivity index (χ0v) is 11.6. The van der Waals surface area contributed by atoms with Crippen molar-refractivity contribution in [3.8, 4) is 0 Å². The molecule has 1 amide bonds. The molecule has 2 aromatic carbocycles. The molecule has 0 aromatic heterocycles. The number of aromatic carboxylic acids is 1. The van der Waals surface area contributed by atoms with E-state index >= 15 is 0 Å². The van der Waals surface area contributed by atoms with Gasteiger partial charge in [0.15, 0.2) is 0 Å². The van der Waals surface area contributed by atoms with Gasteiger partial charge in [-0.05, 0) is 18.2 Å². The highest BCUT2D eigenvalue weighted by Gasteiger charge is 2.34. The second-order valence-electron chi connectivity index (χ2n) is 4.57. The van der Waals surface area contributed by atoms with Crippen LogP contribution in [-0.2, 0) is 0 Å². The molecule has 1 aliphatic heterocycles. The molecule has 0 saturated carbocycles. The topological polar surface area (TPSA) is 57.6 Å². The van der Waals surface area contributed by atoms with Crippen LogP contribution < -0.4 is 4.90 Å². The number of hydrogen-bond acceptors (Lipinski definition) is 2. The number of carbonyl (C=O) groups excluding carboxylic acids is 1. The van der Waals surface area contributed by atoms with Crippen molar-refractivity contribution in [3.63, 3.8) is 0 Å². The van der Waals surface area contributed by atoms with Crippen molar-refractivity contribution in [2.45, 2.75) is 0 Å². The van der Waals surface area contributed by atoms with Gasteiger partial charge in [-0.15, -0.1) is 0 Å². The molecule has 0 fully saturated rings. The Hall–Kier alpha value is -2.59. The Balaban J connectivity index is 2.21. The number of fused-ring (bicyclic) bond motifs is 1. The molecule has 0 bridgehead atoms. The van der Waals surface area contributed by atoms with Gasteiger partial charge in [0, 0.05) is 11.1 Å². The van der Waals surface area contributed by atoms with Crippen molar-refractivity contribution in [2.24, 2.45) is 0 Å². The minimum atomic E-state index is -1.19. The van der Waals surface area contributed by atoms with Crippen LogP contribution in [0.3, 0.4) is 0 Å². The normalized spacial score (nSPS) is 13.5. The first-order chi connectivity index (χ1) is 10.0. The van der Waals surface area contributed by atoms with Gasteiger partial charge in [0.05, 0.1) is 16.4 Å². The first-order valence-corrected chi connectivity index (χ1v) is 6.54. The molecule has 1 N–H and O–H groups in total. The fraction of sp³-hybridized carbons (Fsp3) is 0. The van der Waals surface area contributed by atoms with Gasteiger partial charge < -0.3 is 5.11 Å². The van der Waals surface area contributed by atoms with Crippen molar-refractivity contribution in [2.75, 3.05) is 4.90 Å². The standard InChI is InChI=1S/C16H10ClNO3/c1-9-10-5-2-3-6-11(10)15(19)18(9)13-8-4-7-12(17)14(13)16(20)21/h2-8H,1H2,(H,20,21). The summed E-state index contributed by atoms with van der Waals surface area (Å²) in [5.74, 6) is -1.49. The fourth-order valence-electron chi connectivity index (χ4n) is 2.45. The first kappa shape index (κ1) is 13.4. The lowest BCUT2D eigenvalue weighted by molar-refractivity contribution is 0.0698. The second kappa shape index (κ2) is 4.75. The van der Waals surface area contributed by atoms with Gasteiger partial charge in [-0.1, -0.05) is 42.4 Å². The summed E-state index contributed by atoms with van der Waals surface area (Å²) in [6.45, 7) is 3.90. The summed E-state index contributed by atoms with van der Waals surface area (Å²) in [6.07, 6.45) is 0. The fourth-order valence-corrected chi connectivity index (χ4v) is 2.70. The Morgan fingerprint density at radius 3 is 2.38 bits per heavy atom. The lowest BCUT2D eigenvalue weighted by atomic mass is 10.1. The lowest BCUT2D eigenvalue weighted by Crippen LogP contribution is -2.24. The van der Waals surface area contributed by atoms with Crippen LogP contribution in [0.15, 0.2) is 49.0 Å². The van der Waals surface area contributed by atoms with Crippen LogP contribution in [-0.4, -0.2) is 17.0 Å². The number of benzene rings is 2. The molecule has 0 unspecified atom stereocenters. The monoisotopic (exact) mass is 299 g/mol. The number of carboxylic acids is 1. The summed E-state index contributed by atoms with van der Waals surface area (Å²) in [5.41, 5.74) is 1.75. The molecule has 3 rings (SSSR count). The van der Waals surface area contributed by atoms with E-state index in [1.54, 1.807) is 36.4 Å². The maximum Gasteiger partial charge on any atom is 0.339 e. The van der Waals surface area contributed by atoms with Gasteiger partial charge in [0.25, 0.3) is 5.91 Å². The summed E-state index contributed by atoms with van der Waals surface area (Å²) in [6, 6.07) is 11.7. The average Bonchev–Trinajstić information content (AvgIpc) is 2.71. The van der Waals surface area contributed by atoms with Crippen LogP contribution in [0.25, 0.3) is 5.70 Å². The number of amides is 1. The molecule has 21 heavy (non-hydrogen) atoms. The summed E-state index contributed by atoms with van der Waals surface area (Å²) >= 11 is 5.96. The molecule has 0 saturated heterocycles. The van der Waals surface area contributed by atoms with E-state index in [-0.39, 0.29) is 22.2 Å². The maximum absolute atomic E-state index is 12.5. The van der Waals surface area contributed by atoms with Gasteiger partial charge in [-0.25, -0.2) is 4.79 Å². The number of halogens is 1. The molecule has 0 aliphatic carbocycles. The average molecular weight is 300 g/mol. The van der Waals surface area contributed by atoms with Crippen LogP contribution in [0.5, 0.6) is 0 Å². The number of carbonyl (C=O) groups is 2. The Kier molecular flexibility index (Phi) is 3.03. The third-order valence-electron chi connectivity index (χ3n) is 3.39. The summed E-state index contributed by atoms with van der Waals surface area (Å²) < 4.78 is 0. The van der Waals surface area contributed by atoms with Crippen LogP contribution in [0.2, 0.25) is 5.02 Å². The Labute approximate surface area is 125 Å². The van der Waals surface area contributed by atoms with E-state index in [1.165, 1.54) is 11.0 Å². The van der Waals surface area contributed by atoms with Gasteiger partial charge >= 0.3 is 5.97 Å². The summed E-state index contributed by atoms with van der Waals surface area (Å²) in [4.78, 5) is 25.2. The van der Waals surface area contributed by atoms with Crippen LogP contribution in [0.4, 0.5) is 5.69 Å². The molecule has 5 heteroatoms. The predicted molar refractivity (Wildman–Crippen MR) is 80.7 cm³/mol. The van der Waals surface area contributed by atoms with E-state index in [2.05, 4.69) is 6.58 Å². The van der Waals surface area contributed by atoms with Gasteiger partial charge in [0.1, 0.15) is 5.56 Å². The number of anilines is 1. The largest absolute Gasteiger partial charge is 0.478 e. The lowest BCUT2D eigenvalue weighted by Gasteiger charge is -2.20. The molecule has 1 heterocycles. The summed E-state index contributed by atoms with van der Waals surface area (Å²) in [7, 11) is 0. The van der Waals surface area contributed by atoms with Gasteiger partial charge in [0.2, 0.25) is 0 Å².